The normalized spacial score (nSPS) is 11.9. The fraction of sp³-hybridized carbons (Fsp3) is 0.333. The van der Waals surface area contributed by atoms with Crippen LogP contribution in [0.25, 0.3) is 0 Å². The van der Waals surface area contributed by atoms with Gasteiger partial charge in [0.1, 0.15) is 5.82 Å². The van der Waals surface area contributed by atoms with Crippen molar-refractivity contribution in [2.24, 2.45) is 10.9 Å². The molecule has 0 saturated carbocycles. The lowest BCUT2D eigenvalue weighted by molar-refractivity contribution is 0.0931. The van der Waals surface area contributed by atoms with E-state index in [1.807, 2.05) is 36.4 Å². The van der Waals surface area contributed by atoms with Crippen molar-refractivity contribution < 1.29 is 9.13 Å². The first-order valence-electron chi connectivity index (χ1n) is 8.87. The van der Waals surface area contributed by atoms with Crippen LogP contribution in [0.5, 0.6) is 0 Å². The Balaban J connectivity index is 0.00000392. The van der Waals surface area contributed by atoms with Crippen LogP contribution in [0.3, 0.4) is 0 Å². The second kappa shape index (κ2) is 13.1. The Morgan fingerprint density at radius 1 is 1.21 bits per heavy atom. The van der Waals surface area contributed by atoms with Crippen molar-refractivity contribution in [2.45, 2.75) is 20.1 Å². The molecule has 0 bridgehead atoms. The van der Waals surface area contributed by atoms with Gasteiger partial charge in [-0.05, 0) is 29.7 Å². The van der Waals surface area contributed by atoms with Gasteiger partial charge < -0.3 is 15.4 Å². The van der Waals surface area contributed by atoms with Gasteiger partial charge in [0.25, 0.3) is 0 Å². The van der Waals surface area contributed by atoms with Crippen molar-refractivity contribution in [1.82, 2.24) is 10.6 Å². The molecule has 2 rings (SSSR count). The number of nitrogens with zero attached hydrogens (tertiary/aromatic N) is 2. The molecule has 28 heavy (non-hydrogen) atoms. The molecular formula is C21H26FIN4O. The number of guanidine groups is 1. The van der Waals surface area contributed by atoms with Gasteiger partial charge in [-0.3, -0.25) is 4.99 Å². The van der Waals surface area contributed by atoms with E-state index >= 15 is 0 Å². The summed E-state index contributed by atoms with van der Waals surface area (Å²) in [5.74, 6) is 0.511. The van der Waals surface area contributed by atoms with Gasteiger partial charge in [-0.15, -0.1) is 24.0 Å². The summed E-state index contributed by atoms with van der Waals surface area (Å²) in [5, 5.41) is 15.2. The molecule has 0 spiro atoms. The highest BCUT2D eigenvalue weighted by Gasteiger charge is 2.07. The van der Waals surface area contributed by atoms with Gasteiger partial charge >= 0.3 is 0 Å². The van der Waals surface area contributed by atoms with Gasteiger partial charge in [0.05, 0.1) is 24.8 Å². The van der Waals surface area contributed by atoms with E-state index in [2.05, 4.69) is 22.5 Å². The standard InChI is InChI=1S/C21H25FN4O.HI/c1-16(14-27-15-17-6-4-3-5-7-17)12-25-21(24-2)26-13-19-10-18(11-23)8-9-20(19)22;/h3-10,16H,12-15H2,1-2H3,(H2,24,25,26);1H. The van der Waals surface area contributed by atoms with Crippen molar-refractivity contribution in [2.75, 3.05) is 20.2 Å². The summed E-state index contributed by atoms with van der Waals surface area (Å²) in [6.45, 7) is 4.22. The number of aliphatic imine (C=N–C) groups is 1. The zero-order valence-corrected chi connectivity index (χ0v) is 18.4. The van der Waals surface area contributed by atoms with Crippen molar-refractivity contribution in [3.8, 4) is 6.07 Å². The van der Waals surface area contributed by atoms with Crippen molar-refractivity contribution in [3.05, 3.63) is 71.0 Å². The Kier molecular flexibility index (Phi) is 11.1. The third kappa shape index (κ3) is 8.23. The van der Waals surface area contributed by atoms with E-state index in [1.54, 1.807) is 7.05 Å². The molecule has 0 amide bonds. The Bertz CT molecular complexity index is 793. The molecule has 5 nitrogen and oxygen atoms in total. The van der Waals surface area contributed by atoms with E-state index in [0.29, 0.717) is 36.8 Å². The molecule has 0 fully saturated rings. The summed E-state index contributed by atoms with van der Waals surface area (Å²) in [7, 11) is 1.66. The fourth-order valence-electron chi connectivity index (χ4n) is 2.46. The summed E-state index contributed by atoms with van der Waals surface area (Å²) >= 11 is 0. The van der Waals surface area contributed by atoms with Crippen LogP contribution in [0.2, 0.25) is 0 Å². The summed E-state index contributed by atoms with van der Waals surface area (Å²) in [6, 6.07) is 16.4. The van der Waals surface area contributed by atoms with Crippen LogP contribution in [-0.2, 0) is 17.9 Å². The number of benzene rings is 2. The first kappa shape index (κ1) is 23.9. The number of nitrogens with one attached hydrogen (secondary N) is 2. The van der Waals surface area contributed by atoms with E-state index in [-0.39, 0.29) is 42.3 Å². The Hall–Kier alpha value is -2.18. The van der Waals surface area contributed by atoms with Crippen molar-refractivity contribution in [1.29, 1.82) is 5.26 Å². The zero-order valence-electron chi connectivity index (χ0n) is 16.1. The second-order valence-electron chi connectivity index (χ2n) is 6.33. The van der Waals surface area contributed by atoms with E-state index < -0.39 is 0 Å². The molecule has 1 unspecified atom stereocenters. The molecule has 0 aliphatic carbocycles. The maximum Gasteiger partial charge on any atom is 0.191 e. The number of hydrogen-bond donors (Lipinski definition) is 2. The molecule has 2 aromatic carbocycles. The summed E-state index contributed by atoms with van der Waals surface area (Å²) in [4.78, 5) is 4.14. The average molecular weight is 496 g/mol. The van der Waals surface area contributed by atoms with Crippen molar-refractivity contribution >= 4 is 29.9 Å². The number of rotatable bonds is 8. The van der Waals surface area contributed by atoms with Gasteiger partial charge in [-0.1, -0.05) is 37.3 Å². The smallest absolute Gasteiger partial charge is 0.191 e. The van der Waals surface area contributed by atoms with Gasteiger partial charge in [-0.2, -0.15) is 5.26 Å². The zero-order chi connectivity index (χ0) is 19.5. The van der Waals surface area contributed by atoms with E-state index in [9.17, 15) is 4.39 Å². The van der Waals surface area contributed by atoms with E-state index in [4.69, 9.17) is 10.00 Å². The molecule has 0 heterocycles. The third-order valence-electron chi connectivity index (χ3n) is 3.98. The molecule has 0 radical (unpaired) electrons. The lowest BCUT2D eigenvalue weighted by atomic mass is 10.1. The van der Waals surface area contributed by atoms with Crippen LogP contribution >= 0.6 is 24.0 Å². The summed E-state index contributed by atoms with van der Waals surface area (Å²) < 4.78 is 19.6. The SMILES string of the molecule is CN=C(NCc1cc(C#N)ccc1F)NCC(C)COCc1ccccc1.I. The van der Waals surface area contributed by atoms with Crippen LogP contribution in [0.4, 0.5) is 4.39 Å². The van der Waals surface area contributed by atoms with Crippen molar-refractivity contribution in [3.63, 3.8) is 0 Å². The second-order valence-corrected chi connectivity index (χ2v) is 6.33. The number of nitriles is 1. The fourth-order valence-corrected chi connectivity index (χ4v) is 2.46. The quantitative estimate of drug-likeness (QED) is 0.331. The minimum Gasteiger partial charge on any atom is -0.376 e. The average Bonchev–Trinajstić information content (AvgIpc) is 2.70. The van der Waals surface area contributed by atoms with Gasteiger partial charge in [0.2, 0.25) is 0 Å². The Morgan fingerprint density at radius 3 is 2.64 bits per heavy atom. The predicted octanol–water partition coefficient (Wildman–Crippen LogP) is 3.83. The molecule has 150 valence electrons. The van der Waals surface area contributed by atoms with E-state index in [0.717, 1.165) is 5.56 Å². The highest BCUT2D eigenvalue weighted by molar-refractivity contribution is 14.0. The maximum absolute atomic E-state index is 13.8. The van der Waals surface area contributed by atoms with Crippen LogP contribution < -0.4 is 10.6 Å². The molecule has 7 heteroatoms. The number of ether oxygens (including phenoxy) is 1. The minimum absolute atomic E-state index is 0. The lowest BCUT2D eigenvalue weighted by Gasteiger charge is -2.16. The van der Waals surface area contributed by atoms with Crippen LogP contribution in [0, 0.1) is 23.1 Å². The number of hydrogen-bond acceptors (Lipinski definition) is 3. The van der Waals surface area contributed by atoms with Crippen LogP contribution in [0.1, 0.15) is 23.6 Å². The van der Waals surface area contributed by atoms with Crippen LogP contribution in [-0.4, -0.2) is 26.2 Å². The van der Waals surface area contributed by atoms with Crippen LogP contribution in [0.15, 0.2) is 53.5 Å². The van der Waals surface area contributed by atoms with Gasteiger partial charge in [0.15, 0.2) is 5.96 Å². The predicted molar refractivity (Wildman–Crippen MR) is 120 cm³/mol. The lowest BCUT2D eigenvalue weighted by Crippen LogP contribution is -2.39. The number of halogens is 2. The van der Waals surface area contributed by atoms with Gasteiger partial charge in [-0.25, -0.2) is 4.39 Å². The first-order valence-corrected chi connectivity index (χ1v) is 8.87. The molecule has 1 atom stereocenters. The molecule has 2 aromatic rings. The Labute approximate surface area is 183 Å². The highest BCUT2D eigenvalue weighted by atomic mass is 127. The molecule has 0 aliphatic rings. The first-order chi connectivity index (χ1) is 13.1. The molecule has 0 aromatic heterocycles. The molecule has 2 N–H and O–H groups in total. The monoisotopic (exact) mass is 496 g/mol. The maximum atomic E-state index is 13.8. The van der Waals surface area contributed by atoms with E-state index in [1.165, 1.54) is 18.2 Å². The molecule has 0 aliphatic heterocycles. The minimum atomic E-state index is -0.348. The highest BCUT2D eigenvalue weighted by Crippen LogP contribution is 2.09. The van der Waals surface area contributed by atoms with Gasteiger partial charge in [0, 0.05) is 25.7 Å². The molecular weight excluding hydrogens is 470 g/mol. The Morgan fingerprint density at radius 2 is 1.96 bits per heavy atom. The summed E-state index contributed by atoms with van der Waals surface area (Å²) in [5.41, 5.74) is 2.01. The molecule has 0 saturated heterocycles. The topological polar surface area (TPSA) is 69.4 Å². The largest absolute Gasteiger partial charge is 0.376 e. The summed E-state index contributed by atoms with van der Waals surface area (Å²) in [6.07, 6.45) is 0. The third-order valence-corrected chi connectivity index (χ3v) is 3.98.